The van der Waals surface area contributed by atoms with Crippen molar-refractivity contribution in [2.24, 2.45) is 5.73 Å². The number of hydrogen-bond donors (Lipinski definition) is 3. The molecule has 2 saturated carbocycles. The van der Waals surface area contributed by atoms with Crippen molar-refractivity contribution < 1.29 is 8.42 Å². The van der Waals surface area contributed by atoms with Crippen molar-refractivity contribution in [1.82, 2.24) is 23.8 Å². The van der Waals surface area contributed by atoms with E-state index >= 15 is 0 Å². The standard InChI is InChI=1S/C27H36Cl2N8O2S.2ClH/c28-21-6-3-7-22(29)24(21)40(38,39)36-14-12-19(13-15-36)32-25-23-26(37(16-31-23)20-4-1-2-5-20)35-27(34-25)33-18-10-8-17(30)9-11-18;;/h3,6-7,16-20H,1-2,4-5,8-15,30H2,(H2,32,33,34,35);2*1H. The number of fused-ring (bicyclic) bond motifs is 1. The quantitative estimate of drug-likeness (QED) is 0.276. The number of nitrogens with two attached hydrogens (primary N) is 1. The highest BCUT2D eigenvalue weighted by atomic mass is 35.5. The zero-order valence-electron chi connectivity index (χ0n) is 23.2. The lowest BCUT2D eigenvalue weighted by Gasteiger charge is -2.32. The molecule has 15 heteroatoms. The van der Waals surface area contributed by atoms with E-state index in [4.69, 9.17) is 43.9 Å². The first-order chi connectivity index (χ1) is 19.3. The van der Waals surface area contributed by atoms with E-state index < -0.39 is 10.0 Å². The van der Waals surface area contributed by atoms with Gasteiger partial charge in [0.25, 0.3) is 0 Å². The van der Waals surface area contributed by atoms with Crippen molar-refractivity contribution >= 4 is 81.0 Å². The molecule has 0 radical (unpaired) electrons. The lowest BCUT2D eigenvalue weighted by atomic mass is 9.92. The molecular weight excluding hydrogens is 642 g/mol. The van der Waals surface area contributed by atoms with Crippen LogP contribution in [0, 0.1) is 0 Å². The Bertz CT molecular complexity index is 1450. The number of piperidine rings is 1. The van der Waals surface area contributed by atoms with Crippen LogP contribution in [-0.2, 0) is 10.0 Å². The minimum absolute atomic E-state index is 0. The largest absolute Gasteiger partial charge is 0.365 e. The van der Waals surface area contributed by atoms with E-state index in [0.717, 1.165) is 49.7 Å². The number of anilines is 2. The fourth-order valence-corrected chi connectivity index (χ4v) is 8.83. The molecule has 1 aromatic carbocycles. The van der Waals surface area contributed by atoms with E-state index in [2.05, 4.69) is 15.2 Å². The van der Waals surface area contributed by atoms with Crippen LogP contribution in [0.2, 0.25) is 10.0 Å². The van der Waals surface area contributed by atoms with Crippen molar-refractivity contribution in [1.29, 1.82) is 0 Å². The molecular formula is C27H38Cl4N8O2S. The van der Waals surface area contributed by atoms with E-state index in [1.807, 2.05) is 6.33 Å². The highest BCUT2D eigenvalue weighted by Gasteiger charge is 2.33. The Morgan fingerprint density at radius 2 is 1.48 bits per heavy atom. The first-order valence-electron chi connectivity index (χ1n) is 14.3. The van der Waals surface area contributed by atoms with Gasteiger partial charge in [-0.3, -0.25) is 0 Å². The van der Waals surface area contributed by atoms with E-state index in [9.17, 15) is 8.42 Å². The number of hydrogen-bond acceptors (Lipinski definition) is 8. The van der Waals surface area contributed by atoms with Crippen LogP contribution in [0.4, 0.5) is 11.8 Å². The van der Waals surface area contributed by atoms with Crippen LogP contribution in [0.25, 0.3) is 11.2 Å². The molecule has 2 aromatic heterocycles. The van der Waals surface area contributed by atoms with Gasteiger partial charge in [-0.05, 0) is 63.5 Å². The van der Waals surface area contributed by atoms with Gasteiger partial charge in [0.05, 0.1) is 16.4 Å². The van der Waals surface area contributed by atoms with Gasteiger partial charge in [-0.25, -0.2) is 13.4 Å². The summed E-state index contributed by atoms with van der Waals surface area (Å²) in [5.74, 6) is 1.29. The average molecular weight is 681 g/mol. The van der Waals surface area contributed by atoms with Gasteiger partial charge in [0, 0.05) is 37.3 Å². The van der Waals surface area contributed by atoms with Gasteiger partial charge < -0.3 is 20.9 Å². The maximum absolute atomic E-state index is 13.3. The summed E-state index contributed by atoms with van der Waals surface area (Å²) in [5, 5.41) is 7.42. The van der Waals surface area contributed by atoms with Crippen LogP contribution in [0.1, 0.15) is 70.3 Å². The summed E-state index contributed by atoms with van der Waals surface area (Å²) in [5.41, 5.74) is 7.71. The number of sulfonamides is 1. The number of nitrogens with one attached hydrogen (secondary N) is 2. The topological polar surface area (TPSA) is 131 Å². The minimum atomic E-state index is -3.81. The number of halogens is 4. The lowest BCUT2D eigenvalue weighted by Crippen LogP contribution is -2.42. The average Bonchev–Trinajstić information content (AvgIpc) is 3.60. The molecule has 3 heterocycles. The molecule has 2 aliphatic carbocycles. The second-order valence-electron chi connectivity index (χ2n) is 11.3. The number of benzene rings is 1. The Hall–Kier alpha value is -1.60. The van der Waals surface area contributed by atoms with E-state index in [0.29, 0.717) is 43.7 Å². The highest BCUT2D eigenvalue weighted by Crippen LogP contribution is 2.35. The van der Waals surface area contributed by atoms with E-state index in [-0.39, 0.29) is 57.9 Å². The fourth-order valence-electron chi connectivity index (χ4n) is 6.27. The summed E-state index contributed by atoms with van der Waals surface area (Å²) < 4.78 is 30.3. The summed E-state index contributed by atoms with van der Waals surface area (Å²) in [6, 6.07) is 5.73. The molecule has 0 spiro atoms. The Morgan fingerprint density at radius 1 is 0.857 bits per heavy atom. The van der Waals surface area contributed by atoms with E-state index in [1.165, 1.54) is 17.1 Å². The third kappa shape index (κ3) is 6.87. The number of aromatic nitrogens is 4. The normalized spacial score (nSPS) is 22.5. The lowest BCUT2D eigenvalue weighted by molar-refractivity contribution is 0.329. The molecule has 4 N–H and O–H groups in total. The van der Waals surface area contributed by atoms with Gasteiger partial charge in [0.2, 0.25) is 16.0 Å². The fraction of sp³-hybridized carbons (Fsp3) is 0.593. The Labute approximate surface area is 269 Å². The van der Waals surface area contributed by atoms with Crippen molar-refractivity contribution in [2.45, 2.75) is 93.3 Å². The van der Waals surface area contributed by atoms with Crippen LogP contribution in [0.3, 0.4) is 0 Å². The van der Waals surface area contributed by atoms with Gasteiger partial charge >= 0.3 is 0 Å². The molecule has 0 bridgehead atoms. The highest BCUT2D eigenvalue weighted by molar-refractivity contribution is 7.89. The molecule has 3 fully saturated rings. The van der Waals surface area contributed by atoms with Crippen LogP contribution in [0.5, 0.6) is 0 Å². The molecule has 232 valence electrons. The van der Waals surface area contributed by atoms with Crippen LogP contribution in [0.15, 0.2) is 29.4 Å². The smallest absolute Gasteiger partial charge is 0.246 e. The number of nitrogens with zero attached hydrogens (tertiary/aromatic N) is 5. The van der Waals surface area contributed by atoms with Gasteiger partial charge in [-0.1, -0.05) is 42.1 Å². The Kier molecular flexibility index (Phi) is 11.1. The summed E-state index contributed by atoms with van der Waals surface area (Å²) in [6.45, 7) is 0.694. The first-order valence-corrected chi connectivity index (χ1v) is 16.5. The summed E-state index contributed by atoms with van der Waals surface area (Å²) in [6.07, 6.45) is 11.8. The molecule has 42 heavy (non-hydrogen) atoms. The molecule has 3 aromatic rings. The predicted octanol–water partition coefficient (Wildman–Crippen LogP) is 6.04. The van der Waals surface area contributed by atoms with Crippen molar-refractivity contribution in [3.8, 4) is 0 Å². The van der Waals surface area contributed by atoms with Gasteiger partial charge in [-0.15, -0.1) is 24.8 Å². The zero-order valence-corrected chi connectivity index (χ0v) is 27.2. The van der Waals surface area contributed by atoms with Crippen LogP contribution < -0.4 is 16.4 Å². The Morgan fingerprint density at radius 3 is 2.12 bits per heavy atom. The Balaban J connectivity index is 0.00000202. The molecule has 0 amide bonds. The molecule has 6 rings (SSSR count). The van der Waals surface area contributed by atoms with Crippen LogP contribution in [-0.4, -0.2) is 63.5 Å². The minimum Gasteiger partial charge on any atom is -0.365 e. The third-order valence-electron chi connectivity index (χ3n) is 8.56. The molecule has 10 nitrogen and oxygen atoms in total. The molecule has 0 unspecified atom stereocenters. The SMILES string of the molecule is Cl.Cl.NC1CCC(Nc2nc(NC3CCN(S(=O)(=O)c4c(Cl)cccc4Cl)CC3)c3ncn(C4CCCC4)c3n2)CC1. The third-order valence-corrected chi connectivity index (χ3v) is 11.4. The van der Waals surface area contributed by atoms with Crippen molar-refractivity contribution in [3.05, 3.63) is 34.6 Å². The molecule has 3 aliphatic rings. The predicted molar refractivity (Wildman–Crippen MR) is 173 cm³/mol. The second-order valence-corrected chi connectivity index (χ2v) is 14.0. The summed E-state index contributed by atoms with van der Waals surface area (Å²) >= 11 is 12.5. The molecule has 1 aliphatic heterocycles. The second kappa shape index (κ2) is 14.0. The van der Waals surface area contributed by atoms with Crippen molar-refractivity contribution in [2.75, 3.05) is 23.7 Å². The maximum atomic E-state index is 13.3. The van der Waals surface area contributed by atoms with Crippen LogP contribution >= 0.6 is 48.0 Å². The van der Waals surface area contributed by atoms with Crippen molar-refractivity contribution in [3.63, 3.8) is 0 Å². The zero-order chi connectivity index (χ0) is 27.9. The van der Waals surface area contributed by atoms with Gasteiger partial charge in [0.1, 0.15) is 4.90 Å². The first kappa shape index (κ1) is 33.3. The monoisotopic (exact) mass is 678 g/mol. The summed E-state index contributed by atoms with van der Waals surface area (Å²) in [7, 11) is -3.81. The number of imidazole rings is 1. The van der Waals surface area contributed by atoms with Gasteiger partial charge in [0.15, 0.2) is 17.0 Å². The molecule has 0 atom stereocenters. The molecule has 1 saturated heterocycles. The van der Waals surface area contributed by atoms with Gasteiger partial charge in [-0.2, -0.15) is 14.3 Å². The maximum Gasteiger partial charge on any atom is 0.246 e. The van der Waals surface area contributed by atoms with E-state index in [1.54, 1.807) is 18.2 Å². The summed E-state index contributed by atoms with van der Waals surface area (Å²) in [4.78, 5) is 14.5. The number of rotatable bonds is 7.